The highest BCUT2D eigenvalue weighted by Gasteiger charge is 2.29. The number of hydrogen-bond acceptors (Lipinski definition) is 5. The molecule has 0 aliphatic carbocycles. The summed E-state index contributed by atoms with van der Waals surface area (Å²) >= 11 is 0. The number of halogens is 3. The van der Waals surface area contributed by atoms with Crippen LogP contribution in [0.3, 0.4) is 0 Å². The lowest BCUT2D eigenvalue weighted by molar-refractivity contribution is -0.154. The second-order valence-corrected chi connectivity index (χ2v) is 4.13. The van der Waals surface area contributed by atoms with Crippen LogP contribution in [-0.4, -0.2) is 27.7 Å². The molecular weight excluding hydrogens is 287 g/mol. The average Bonchev–Trinajstić information content (AvgIpc) is 2.43. The van der Waals surface area contributed by atoms with Crippen LogP contribution in [0, 0.1) is 6.92 Å². The fraction of sp³-hybridized carbons (Fsp3) is 0.308. The van der Waals surface area contributed by atoms with Crippen LogP contribution in [-0.2, 0) is 6.61 Å². The van der Waals surface area contributed by atoms with E-state index in [0.29, 0.717) is 0 Å². The second-order valence-electron chi connectivity index (χ2n) is 4.13. The molecule has 21 heavy (non-hydrogen) atoms. The molecule has 0 fully saturated rings. The number of aryl methyl sites for hydroxylation is 1. The van der Waals surface area contributed by atoms with Gasteiger partial charge in [-0.05, 0) is 12.5 Å². The number of alkyl halides is 3. The summed E-state index contributed by atoms with van der Waals surface area (Å²) in [4.78, 5) is 11.2. The molecule has 8 heteroatoms. The van der Waals surface area contributed by atoms with Crippen molar-refractivity contribution in [2.45, 2.75) is 19.7 Å². The Kier molecular flexibility index (Phi) is 4.56. The van der Waals surface area contributed by atoms with Gasteiger partial charge in [-0.25, -0.2) is 0 Å². The summed E-state index contributed by atoms with van der Waals surface area (Å²) in [6.07, 6.45) is -4.45. The molecule has 0 saturated heterocycles. The Morgan fingerprint density at radius 1 is 0.952 bits per heavy atom. The van der Waals surface area contributed by atoms with Crippen LogP contribution in [0.1, 0.15) is 11.4 Å². The quantitative estimate of drug-likeness (QED) is 0.849. The van der Waals surface area contributed by atoms with Gasteiger partial charge in [0.1, 0.15) is 12.4 Å². The Hall–Kier alpha value is -2.38. The molecule has 0 atom stereocenters. The lowest BCUT2D eigenvalue weighted by Gasteiger charge is -2.09. The van der Waals surface area contributed by atoms with Crippen LogP contribution < -0.4 is 9.47 Å². The van der Waals surface area contributed by atoms with E-state index in [1.807, 2.05) is 30.3 Å². The summed E-state index contributed by atoms with van der Waals surface area (Å²) in [5.74, 6) is 0.213. The van der Waals surface area contributed by atoms with Crippen LogP contribution in [0.2, 0.25) is 0 Å². The standard InChI is InChI=1S/C13H12F3N3O2/c1-9-17-11(20-7-10-5-3-2-4-6-10)19-12(18-9)21-8-13(14,15)16/h2-6H,7-8H2,1H3. The molecule has 0 spiro atoms. The second kappa shape index (κ2) is 6.38. The van der Waals surface area contributed by atoms with E-state index in [-0.39, 0.29) is 18.4 Å². The van der Waals surface area contributed by atoms with Gasteiger partial charge in [-0.2, -0.15) is 23.1 Å². The van der Waals surface area contributed by atoms with E-state index in [1.165, 1.54) is 6.92 Å². The van der Waals surface area contributed by atoms with Crippen LogP contribution in [0.15, 0.2) is 30.3 Å². The minimum atomic E-state index is -4.45. The highest BCUT2D eigenvalue weighted by Crippen LogP contribution is 2.17. The van der Waals surface area contributed by atoms with Crippen molar-refractivity contribution in [2.24, 2.45) is 0 Å². The van der Waals surface area contributed by atoms with Crippen molar-refractivity contribution >= 4 is 0 Å². The van der Waals surface area contributed by atoms with Crippen LogP contribution in [0.5, 0.6) is 12.0 Å². The van der Waals surface area contributed by atoms with Crippen molar-refractivity contribution in [1.82, 2.24) is 15.0 Å². The van der Waals surface area contributed by atoms with E-state index in [2.05, 4.69) is 19.7 Å². The Balaban J connectivity index is 2.01. The van der Waals surface area contributed by atoms with Gasteiger partial charge >= 0.3 is 18.2 Å². The average molecular weight is 299 g/mol. The SMILES string of the molecule is Cc1nc(OCc2ccccc2)nc(OCC(F)(F)F)n1. The molecule has 1 aromatic heterocycles. The maximum absolute atomic E-state index is 12.1. The first-order valence-electron chi connectivity index (χ1n) is 6.01. The molecule has 112 valence electrons. The Morgan fingerprint density at radius 3 is 2.19 bits per heavy atom. The molecule has 2 aromatic rings. The zero-order valence-corrected chi connectivity index (χ0v) is 11.1. The third kappa shape index (κ3) is 5.25. The topological polar surface area (TPSA) is 57.1 Å². The number of ether oxygens (including phenoxy) is 2. The number of nitrogens with zero attached hydrogens (tertiary/aromatic N) is 3. The van der Waals surface area contributed by atoms with Gasteiger partial charge in [0.2, 0.25) is 0 Å². The van der Waals surface area contributed by atoms with E-state index in [9.17, 15) is 13.2 Å². The monoisotopic (exact) mass is 299 g/mol. The van der Waals surface area contributed by atoms with Gasteiger partial charge in [0.15, 0.2) is 6.61 Å². The molecule has 0 aliphatic rings. The molecule has 0 radical (unpaired) electrons. The Morgan fingerprint density at radius 2 is 1.57 bits per heavy atom. The Bertz CT molecular complexity index is 591. The maximum Gasteiger partial charge on any atom is 0.422 e. The summed E-state index contributed by atoms with van der Waals surface area (Å²) in [5, 5.41) is 0. The van der Waals surface area contributed by atoms with E-state index < -0.39 is 18.8 Å². The molecule has 0 saturated carbocycles. The van der Waals surface area contributed by atoms with Gasteiger partial charge in [0.25, 0.3) is 0 Å². The molecule has 0 aliphatic heterocycles. The van der Waals surface area contributed by atoms with Crippen molar-refractivity contribution in [3.05, 3.63) is 41.7 Å². The minimum absolute atomic E-state index is 0.0801. The number of benzene rings is 1. The van der Waals surface area contributed by atoms with E-state index in [4.69, 9.17) is 4.74 Å². The van der Waals surface area contributed by atoms with Crippen molar-refractivity contribution in [1.29, 1.82) is 0 Å². The summed E-state index contributed by atoms with van der Waals surface area (Å²) in [7, 11) is 0. The van der Waals surface area contributed by atoms with Crippen LogP contribution >= 0.6 is 0 Å². The van der Waals surface area contributed by atoms with E-state index in [0.717, 1.165) is 5.56 Å². The lowest BCUT2D eigenvalue weighted by atomic mass is 10.2. The van der Waals surface area contributed by atoms with Crippen LogP contribution in [0.4, 0.5) is 13.2 Å². The van der Waals surface area contributed by atoms with Gasteiger partial charge in [-0.1, -0.05) is 30.3 Å². The molecule has 1 heterocycles. The first kappa shape index (κ1) is 15.0. The molecular formula is C13H12F3N3O2. The lowest BCUT2D eigenvalue weighted by Crippen LogP contribution is -2.20. The van der Waals surface area contributed by atoms with Gasteiger partial charge < -0.3 is 9.47 Å². The zero-order chi connectivity index (χ0) is 15.3. The van der Waals surface area contributed by atoms with Crippen molar-refractivity contribution in [3.8, 4) is 12.0 Å². The molecule has 0 N–H and O–H groups in total. The highest BCUT2D eigenvalue weighted by atomic mass is 19.4. The third-order valence-corrected chi connectivity index (χ3v) is 2.28. The van der Waals surface area contributed by atoms with Crippen molar-refractivity contribution in [2.75, 3.05) is 6.61 Å². The summed E-state index contributed by atoms with van der Waals surface area (Å²) in [6.45, 7) is 0.245. The van der Waals surface area contributed by atoms with Crippen LogP contribution in [0.25, 0.3) is 0 Å². The Labute approximate surface area is 118 Å². The van der Waals surface area contributed by atoms with E-state index >= 15 is 0 Å². The highest BCUT2D eigenvalue weighted by molar-refractivity contribution is 5.14. The molecule has 0 unspecified atom stereocenters. The van der Waals surface area contributed by atoms with Gasteiger partial charge in [0, 0.05) is 0 Å². The fourth-order valence-corrected chi connectivity index (χ4v) is 1.43. The molecule has 2 rings (SSSR count). The summed E-state index contributed by atoms with van der Waals surface area (Å²) < 4.78 is 46.1. The van der Waals surface area contributed by atoms with Crippen molar-refractivity contribution < 1.29 is 22.6 Å². The molecule has 0 bridgehead atoms. The van der Waals surface area contributed by atoms with Gasteiger partial charge in [0.05, 0.1) is 0 Å². The number of aromatic nitrogens is 3. The third-order valence-electron chi connectivity index (χ3n) is 2.28. The smallest absolute Gasteiger partial charge is 0.422 e. The number of rotatable bonds is 5. The molecule has 5 nitrogen and oxygen atoms in total. The number of hydrogen-bond donors (Lipinski definition) is 0. The summed E-state index contributed by atoms with van der Waals surface area (Å²) in [5.41, 5.74) is 0.883. The zero-order valence-electron chi connectivity index (χ0n) is 11.1. The van der Waals surface area contributed by atoms with E-state index in [1.54, 1.807) is 0 Å². The molecule has 0 amide bonds. The predicted octanol–water partition coefficient (Wildman–Crippen LogP) is 2.70. The first-order valence-corrected chi connectivity index (χ1v) is 6.01. The fourth-order valence-electron chi connectivity index (χ4n) is 1.43. The summed E-state index contributed by atoms with van der Waals surface area (Å²) in [6, 6.07) is 8.74. The maximum atomic E-state index is 12.1. The minimum Gasteiger partial charge on any atom is -0.458 e. The largest absolute Gasteiger partial charge is 0.458 e. The van der Waals surface area contributed by atoms with Gasteiger partial charge in [-0.3, -0.25) is 0 Å². The predicted molar refractivity (Wildman–Crippen MR) is 66.9 cm³/mol. The van der Waals surface area contributed by atoms with Crippen molar-refractivity contribution in [3.63, 3.8) is 0 Å². The molecule has 1 aromatic carbocycles. The first-order chi connectivity index (χ1) is 9.92. The van der Waals surface area contributed by atoms with Gasteiger partial charge in [-0.15, -0.1) is 4.98 Å². The normalized spacial score (nSPS) is 11.2.